The molecule has 0 spiro atoms. The van der Waals surface area contributed by atoms with Crippen molar-refractivity contribution >= 4 is 29.0 Å². The molecule has 2 heterocycles. The van der Waals surface area contributed by atoms with E-state index in [4.69, 9.17) is 23.2 Å². The van der Waals surface area contributed by atoms with Gasteiger partial charge in [-0.1, -0.05) is 11.6 Å². The number of nitrogens with zero attached hydrogens (tertiary/aromatic N) is 2. The van der Waals surface area contributed by atoms with Crippen LogP contribution >= 0.6 is 23.2 Å². The summed E-state index contributed by atoms with van der Waals surface area (Å²) in [7, 11) is 0. The largest absolute Gasteiger partial charge is 0.355 e. The maximum absolute atomic E-state index is 11.4. The summed E-state index contributed by atoms with van der Waals surface area (Å²) in [5, 5.41) is 0.365. The summed E-state index contributed by atoms with van der Waals surface area (Å²) in [5.41, 5.74) is -0.287. The fraction of sp³-hybridized carbons (Fsp3) is 0.636. The van der Waals surface area contributed by atoms with Crippen molar-refractivity contribution in [2.45, 2.75) is 25.1 Å². The van der Waals surface area contributed by atoms with Crippen LogP contribution in [0.1, 0.15) is 19.8 Å². The highest BCUT2D eigenvalue weighted by Gasteiger charge is 2.24. The molecule has 1 N–H and O–H groups in total. The molecule has 1 aromatic rings. The summed E-state index contributed by atoms with van der Waals surface area (Å²) < 4.78 is 0. The second-order valence-electron chi connectivity index (χ2n) is 4.37. The number of halogens is 2. The van der Waals surface area contributed by atoms with Crippen molar-refractivity contribution in [2.75, 3.05) is 18.0 Å². The topological polar surface area (TPSA) is 49.0 Å². The van der Waals surface area contributed by atoms with Gasteiger partial charge in [0.15, 0.2) is 5.82 Å². The number of aromatic nitrogens is 2. The van der Waals surface area contributed by atoms with Gasteiger partial charge in [-0.2, -0.15) is 0 Å². The molecule has 0 aliphatic carbocycles. The first kappa shape index (κ1) is 12.7. The van der Waals surface area contributed by atoms with Gasteiger partial charge in [0, 0.05) is 18.5 Å². The van der Waals surface area contributed by atoms with Crippen LogP contribution in [0.4, 0.5) is 5.82 Å². The molecular weight excluding hydrogens is 261 g/mol. The van der Waals surface area contributed by atoms with Crippen LogP contribution in [0, 0.1) is 5.92 Å². The van der Waals surface area contributed by atoms with Crippen LogP contribution in [0.25, 0.3) is 0 Å². The Balaban J connectivity index is 2.11. The number of rotatable bonds is 2. The van der Waals surface area contributed by atoms with Crippen LogP contribution in [-0.4, -0.2) is 28.4 Å². The number of alkyl halides is 1. The number of anilines is 1. The van der Waals surface area contributed by atoms with Gasteiger partial charge in [-0.15, -0.1) is 11.6 Å². The fourth-order valence-corrected chi connectivity index (χ4v) is 2.64. The Morgan fingerprint density at radius 3 is 2.76 bits per heavy atom. The van der Waals surface area contributed by atoms with E-state index >= 15 is 0 Å². The number of aromatic amines is 1. The van der Waals surface area contributed by atoms with E-state index in [0.717, 1.165) is 25.9 Å². The molecule has 94 valence electrons. The SMILES string of the molecule is CC(Cl)C1CCN(c2nc[nH]c(=O)c2Cl)CC1. The fourth-order valence-electron chi connectivity index (χ4n) is 2.16. The molecule has 0 amide bonds. The summed E-state index contributed by atoms with van der Waals surface area (Å²) in [5.74, 6) is 1.12. The van der Waals surface area contributed by atoms with Crippen LogP contribution in [-0.2, 0) is 0 Å². The third-order valence-electron chi connectivity index (χ3n) is 3.27. The molecule has 1 aliphatic heterocycles. The first-order valence-corrected chi connectivity index (χ1v) is 6.53. The highest BCUT2D eigenvalue weighted by atomic mass is 35.5. The predicted molar refractivity (Wildman–Crippen MR) is 70.1 cm³/mol. The summed E-state index contributed by atoms with van der Waals surface area (Å²) in [6, 6.07) is 0. The number of H-pyrrole nitrogens is 1. The number of hydrogen-bond donors (Lipinski definition) is 1. The van der Waals surface area contributed by atoms with E-state index in [-0.39, 0.29) is 16.0 Å². The third-order valence-corrected chi connectivity index (χ3v) is 3.96. The van der Waals surface area contributed by atoms with Crippen molar-refractivity contribution < 1.29 is 0 Å². The Labute approximate surface area is 110 Å². The van der Waals surface area contributed by atoms with Crippen molar-refractivity contribution in [3.8, 4) is 0 Å². The molecule has 17 heavy (non-hydrogen) atoms. The van der Waals surface area contributed by atoms with Gasteiger partial charge in [-0.25, -0.2) is 4.98 Å². The van der Waals surface area contributed by atoms with Crippen molar-refractivity contribution in [3.05, 3.63) is 21.7 Å². The van der Waals surface area contributed by atoms with Crippen molar-refractivity contribution in [3.63, 3.8) is 0 Å². The van der Waals surface area contributed by atoms with Gasteiger partial charge in [0.25, 0.3) is 5.56 Å². The Morgan fingerprint density at radius 1 is 1.53 bits per heavy atom. The van der Waals surface area contributed by atoms with E-state index in [1.165, 1.54) is 6.33 Å². The van der Waals surface area contributed by atoms with Crippen LogP contribution in [0.2, 0.25) is 5.02 Å². The van der Waals surface area contributed by atoms with Crippen molar-refractivity contribution in [1.82, 2.24) is 9.97 Å². The zero-order chi connectivity index (χ0) is 12.4. The first-order chi connectivity index (χ1) is 8.09. The minimum Gasteiger partial charge on any atom is -0.355 e. The van der Waals surface area contributed by atoms with Gasteiger partial charge in [0.05, 0.1) is 6.33 Å². The second kappa shape index (κ2) is 5.27. The summed E-state index contributed by atoms with van der Waals surface area (Å²) in [6.07, 6.45) is 3.41. The minimum atomic E-state index is -0.287. The molecule has 0 bridgehead atoms. The lowest BCUT2D eigenvalue weighted by atomic mass is 9.94. The smallest absolute Gasteiger partial charge is 0.271 e. The molecule has 1 aliphatic rings. The normalized spacial score (nSPS) is 19.4. The predicted octanol–water partition coefficient (Wildman–Crippen LogP) is 2.27. The summed E-state index contributed by atoms with van der Waals surface area (Å²) in [4.78, 5) is 20.0. The van der Waals surface area contributed by atoms with Crippen LogP contribution < -0.4 is 10.5 Å². The monoisotopic (exact) mass is 275 g/mol. The molecule has 4 nitrogen and oxygen atoms in total. The van der Waals surface area contributed by atoms with Crippen molar-refractivity contribution in [1.29, 1.82) is 0 Å². The molecule has 0 saturated carbocycles. The van der Waals surface area contributed by atoms with Crippen LogP contribution in [0.5, 0.6) is 0 Å². The average Bonchev–Trinajstić information content (AvgIpc) is 2.33. The number of nitrogens with one attached hydrogen (secondary N) is 1. The molecule has 6 heteroatoms. The molecular formula is C11H15Cl2N3O. The van der Waals surface area contributed by atoms with Gasteiger partial charge in [0.1, 0.15) is 5.02 Å². The Kier molecular flexibility index (Phi) is 3.94. The number of hydrogen-bond acceptors (Lipinski definition) is 3. The van der Waals surface area contributed by atoms with Gasteiger partial charge in [-0.3, -0.25) is 4.79 Å². The van der Waals surface area contributed by atoms with E-state index in [1.54, 1.807) is 0 Å². The second-order valence-corrected chi connectivity index (χ2v) is 5.44. The molecule has 1 unspecified atom stereocenters. The lowest BCUT2D eigenvalue weighted by Crippen LogP contribution is -2.37. The molecule has 1 atom stereocenters. The summed E-state index contributed by atoms with van der Waals surface area (Å²) >= 11 is 12.0. The molecule has 1 saturated heterocycles. The first-order valence-electron chi connectivity index (χ1n) is 5.72. The summed E-state index contributed by atoms with van der Waals surface area (Å²) in [6.45, 7) is 3.72. The van der Waals surface area contributed by atoms with E-state index < -0.39 is 0 Å². The zero-order valence-corrected chi connectivity index (χ0v) is 11.1. The van der Waals surface area contributed by atoms with E-state index in [0.29, 0.717) is 11.7 Å². The molecule has 1 aromatic heterocycles. The molecule has 0 aromatic carbocycles. The lowest BCUT2D eigenvalue weighted by molar-refractivity contribution is 0.398. The quantitative estimate of drug-likeness (QED) is 0.843. The standard InChI is InChI=1S/C11H15Cl2N3O/c1-7(12)8-2-4-16(5-3-8)10-9(13)11(17)15-6-14-10/h6-8H,2-5H2,1H3,(H,14,15,17). The van der Waals surface area contributed by atoms with E-state index in [1.807, 2.05) is 11.8 Å². The van der Waals surface area contributed by atoms with E-state index in [2.05, 4.69) is 9.97 Å². The van der Waals surface area contributed by atoms with Gasteiger partial charge in [0.2, 0.25) is 0 Å². The Hall–Kier alpha value is -0.740. The maximum Gasteiger partial charge on any atom is 0.271 e. The lowest BCUT2D eigenvalue weighted by Gasteiger charge is -2.34. The van der Waals surface area contributed by atoms with Crippen LogP contribution in [0.3, 0.4) is 0 Å². The van der Waals surface area contributed by atoms with Gasteiger partial charge >= 0.3 is 0 Å². The Morgan fingerprint density at radius 2 is 2.18 bits per heavy atom. The van der Waals surface area contributed by atoms with Gasteiger partial charge in [-0.05, 0) is 25.7 Å². The van der Waals surface area contributed by atoms with Gasteiger partial charge < -0.3 is 9.88 Å². The maximum atomic E-state index is 11.4. The molecule has 1 fully saturated rings. The highest BCUT2D eigenvalue weighted by Crippen LogP contribution is 2.28. The van der Waals surface area contributed by atoms with E-state index in [9.17, 15) is 4.79 Å². The molecule has 2 rings (SSSR count). The zero-order valence-electron chi connectivity index (χ0n) is 9.62. The Bertz CT molecular complexity index is 439. The highest BCUT2D eigenvalue weighted by molar-refractivity contribution is 6.32. The molecule has 0 radical (unpaired) electrons. The third kappa shape index (κ3) is 2.75. The number of piperidine rings is 1. The van der Waals surface area contributed by atoms with Crippen molar-refractivity contribution in [2.24, 2.45) is 5.92 Å². The minimum absolute atomic E-state index is 0.171. The average molecular weight is 276 g/mol. The van der Waals surface area contributed by atoms with Crippen LogP contribution in [0.15, 0.2) is 11.1 Å².